The van der Waals surface area contributed by atoms with Crippen LogP contribution in [0.4, 0.5) is 4.39 Å². The van der Waals surface area contributed by atoms with Gasteiger partial charge in [-0.1, -0.05) is 12.1 Å². The maximum atomic E-state index is 13.4. The van der Waals surface area contributed by atoms with Gasteiger partial charge in [-0.15, -0.1) is 0 Å². The van der Waals surface area contributed by atoms with Crippen LogP contribution in [0.1, 0.15) is 24.5 Å². The van der Waals surface area contributed by atoms with Crippen LogP contribution in [-0.2, 0) is 0 Å². The second kappa shape index (κ2) is 2.92. The highest BCUT2D eigenvalue weighted by atomic mass is 19.1. The van der Waals surface area contributed by atoms with E-state index in [0.717, 1.165) is 18.5 Å². The van der Waals surface area contributed by atoms with E-state index in [9.17, 15) is 9.18 Å². The van der Waals surface area contributed by atoms with E-state index in [1.54, 1.807) is 12.1 Å². The summed E-state index contributed by atoms with van der Waals surface area (Å²) < 4.78 is 13.4. The van der Waals surface area contributed by atoms with Crippen LogP contribution in [0.3, 0.4) is 0 Å². The third-order valence-corrected chi connectivity index (χ3v) is 2.86. The molecule has 0 bridgehead atoms. The first kappa shape index (κ1) is 8.65. The molecule has 3 heteroatoms. The van der Waals surface area contributed by atoms with Gasteiger partial charge >= 0.3 is 0 Å². The van der Waals surface area contributed by atoms with Crippen LogP contribution in [0.5, 0.6) is 0 Å². The number of benzene rings is 1. The lowest BCUT2D eigenvalue weighted by Gasteiger charge is -2.02. The fourth-order valence-corrected chi connectivity index (χ4v) is 1.91. The van der Waals surface area contributed by atoms with Gasteiger partial charge in [-0.05, 0) is 36.3 Å². The Morgan fingerprint density at radius 2 is 2.13 bits per heavy atom. The van der Waals surface area contributed by atoms with Gasteiger partial charge in [-0.3, -0.25) is 4.79 Å². The molecule has 1 heterocycles. The van der Waals surface area contributed by atoms with Crippen molar-refractivity contribution in [2.75, 3.05) is 0 Å². The molecule has 1 aliphatic rings. The average Bonchev–Trinajstić information content (AvgIpc) is 3.00. The molecule has 1 aromatic heterocycles. The summed E-state index contributed by atoms with van der Waals surface area (Å²) in [4.78, 5) is 14.4. The molecule has 0 aliphatic heterocycles. The lowest BCUT2D eigenvalue weighted by Crippen LogP contribution is -2.10. The highest BCUT2D eigenvalue weighted by molar-refractivity contribution is 5.82. The van der Waals surface area contributed by atoms with Crippen LogP contribution >= 0.6 is 0 Å². The fourth-order valence-electron chi connectivity index (χ4n) is 1.91. The molecule has 1 aromatic carbocycles. The quantitative estimate of drug-likeness (QED) is 0.759. The number of aromatic amines is 1. The van der Waals surface area contributed by atoms with Crippen LogP contribution in [0, 0.1) is 5.82 Å². The Morgan fingerprint density at radius 3 is 2.87 bits per heavy atom. The molecule has 0 amide bonds. The second-order valence-corrected chi connectivity index (χ2v) is 4.03. The first-order chi connectivity index (χ1) is 7.25. The van der Waals surface area contributed by atoms with Gasteiger partial charge in [0.25, 0.3) is 5.56 Å². The Hall–Kier alpha value is -1.64. The Balaban J connectivity index is 2.36. The third-order valence-electron chi connectivity index (χ3n) is 2.86. The molecule has 1 aliphatic carbocycles. The Kier molecular flexibility index (Phi) is 1.69. The molecule has 2 nitrogen and oxygen atoms in total. The summed E-state index contributed by atoms with van der Waals surface area (Å²) in [5.41, 5.74) is 0.630. The summed E-state index contributed by atoms with van der Waals surface area (Å²) in [5.74, 6) is 0.0291. The maximum absolute atomic E-state index is 13.4. The number of aromatic nitrogens is 1. The predicted octanol–water partition coefficient (Wildman–Crippen LogP) is 2.54. The first-order valence-electron chi connectivity index (χ1n) is 5.07. The van der Waals surface area contributed by atoms with Gasteiger partial charge < -0.3 is 4.98 Å². The molecule has 0 atom stereocenters. The zero-order valence-corrected chi connectivity index (χ0v) is 8.09. The number of hydrogen-bond donors (Lipinski definition) is 1. The molecule has 15 heavy (non-hydrogen) atoms. The second-order valence-electron chi connectivity index (χ2n) is 4.03. The number of halogens is 1. The average molecular weight is 203 g/mol. The van der Waals surface area contributed by atoms with Crippen molar-refractivity contribution in [1.29, 1.82) is 0 Å². The van der Waals surface area contributed by atoms with Gasteiger partial charge in [0.1, 0.15) is 5.82 Å². The van der Waals surface area contributed by atoms with Crippen molar-refractivity contribution in [1.82, 2.24) is 4.98 Å². The maximum Gasteiger partial charge on any atom is 0.259 e. The lowest BCUT2D eigenvalue weighted by molar-refractivity contribution is 0.638. The molecule has 2 aromatic rings. The molecule has 76 valence electrons. The third kappa shape index (κ3) is 1.35. The van der Waals surface area contributed by atoms with Crippen LogP contribution in [0.2, 0.25) is 0 Å². The van der Waals surface area contributed by atoms with Crippen LogP contribution in [-0.4, -0.2) is 4.98 Å². The van der Waals surface area contributed by atoms with Crippen molar-refractivity contribution < 1.29 is 4.39 Å². The smallest absolute Gasteiger partial charge is 0.259 e. The molecule has 3 rings (SSSR count). The van der Waals surface area contributed by atoms with Gasteiger partial charge in [-0.2, -0.15) is 0 Å². The van der Waals surface area contributed by atoms with E-state index in [0.29, 0.717) is 11.3 Å². The highest BCUT2D eigenvalue weighted by Gasteiger charge is 2.25. The minimum Gasteiger partial charge on any atom is -0.325 e. The Morgan fingerprint density at radius 1 is 1.33 bits per heavy atom. The van der Waals surface area contributed by atoms with Gasteiger partial charge in [0.15, 0.2) is 0 Å². The monoisotopic (exact) mass is 203 g/mol. The normalized spacial score (nSPS) is 15.8. The van der Waals surface area contributed by atoms with E-state index in [4.69, 9.17) is 0 Å². The lowest BCUT2D eigenvalue weighted by atomic mass is 10.1. The largest absolute Gasteiger partial charge is 0.325 e. The molecular weight excluding hydrogens is 193 g/mol. The topological polar surface area (TPSA) is 32.9 Å². The van der Waals surface area contributed by atoms with Crippen LogP contribution in [0.25, 0.3) is 10.8 Å². The molecule has 0 unspecified atom stereocenters. The van der Waals surface area contributed by atoms with Crippen molar-refractivity contribution >= 4 is 10.8 Å². The van der Waals surface area contributed by atoms with Crippen molar-refractivity contribution in [2.45, 2.75) is 18.8 Å². The number of hydrogen-bond acceptors (Lipinski definition) is 1. The minimum atomic E-state index is -0.448. The van der Waals surface area contributed by atoms with E-state index in [-0.39, 0.29) is 10.9 Å². The van der Waals surface area contributed by atoms with Gasteiger partial charge in [0.05, 0.1) is 5.39 Å². The summed E-state index contributed by atoms with van der Waals surface area (Å²) in [6.45, 7) is 0. The van der Waals surface area contributed by atoms with E-state index < -0.39 is 5.82 Å². The summed E-state index contributed by atoms with van der Waals surface area (Å²) in [6, 6.07) is 6.61. The van der Waals surface area contributed by atoms with Gasteiger partial charge in [-0.25, -0.2) is 4.39 Å². The first-order valence-corrected chi connectivity index (χ1v) is 5.07. The Labute approximate surface area is 85.7 Å². The number of pyridine rings is 1. The molecule has 0 radical (unpaired) electrons. The van der Waals surface area contributed by atoms with E-state index in [1.807, 2.05) is 6.07 Å². The summed E-state index contributed by atoms with van der Waals surface area (Å²) in [7, 11) is 0. The number of fused-ring (bicyclic) bond motifs is 1. The Bertz CT molecular complexity index is 584. The number of nitrogens with one attached hydrogen (secondary N) is 1. The molecule has 1 saturated carbocycles. The van der Waals surface area contributed by atoms with Crippen LogP contribution < -0.4 is 5.56 Å². The predicted molar refractivity (Wildman–Crippen MR) is 56.5 cm³/mol. The molecule has 1 fully saturated rings. The zero-order valence-electron chi connectivity index (χ0n) is 8.09. The van der Waals surface area contributed by atoms with E-state index >= 15 is 0 Å². The van der Waals surface area contributed by atoms with Crippen LogP contribution in [0.15, 0.2) is 29.1 Å². The van der Waals surface area contributed by atoms with Gasteiger partial charge in [0.2, 0.25) is 0 Å². The molecule has 1 N–H and O–H groups in total. The number of rotatable bonds is 1. The molecule has 0 saturated heterocycles. The molecule has 0 spiro atoms. The van der Waals surface area contributed by atoms with E-state index in [2.05, 4.69) is 4.98 Å². The zero-order chi connectivity index (χ0) is 10.4. The SMILES string of the molecule is O=c1[nH]c(C2CC2)cc2cccc(F)c12. The summed E-state index contributed by atoms with van der Waals surface area (Å²) >= 11 is 0. The summed E-state index contributed by atoms with van der Waals surface area (Å²) in [6.07, 6.45) is 2.24. The summed E-state index contributed by atoms with van der Waals surface area (Å²) in [5, 5.41) is 0.863. The van der Waals surface area contributed by atoms with Crippen molar-refractivity contribution in [3.8, 4) is 0 Å². The van der Waals surface area contributed by atoms with Crippen molar-refractivity contribution in [3.05, 3.63) is 46.1 Å². The molecular formula is C12H10FNO. The van der Waals surface area contributed by atoms with Crippen molar-refractivity contribution in [3.63, 3.8) is 0 Å². The van der Waals surface area contributed by atoms with Gasteiger partial charge in [0, 0.05) is 5.69 Å². The number of H-pyrrole nitrogens is 1. The highest BCUT2D eigenvalue weighted by Crippen LogP contribution is 2.39. The van der Waals surface area contributed by atoms with Crippen molar-refractivity contribution in [2.24, 2.45) is 0 Å². The fraction of sp³-hybridized carbons (Fsp3) is 0.250. The minimum absolute atomic E-state index is 0.168. The van der Waals surface area contributed by atoms with E-state index in [1.165, 1.54) is 6.07 Å². The standard InChI is InChI=1S/C12H10FNO/c13-9-3-1-2-8-6-10(7-4-5-7)14-12(15)11(8)9/h1-3,6-7H,4-5H2,(H,14,15).